The first-order valence-electron chi connectivity index (χ1n) is 11.1. The van der Waals surface area contributed by atoms with Crippen LogP contribution in [0.3, 0.4) is 0 Å². The number of rotatable bonds is 7. The van der Waals surface area contributed by atoms with Crippen molar-refractivity contribution in [1.82, 2.24) is 0 Å². The summed E-state index contributed by atoms with van der Waals surface area (Å²) in [6.45, 7) is 0. The molecule has 170 valence electrons. The standard InChI is InChI=1S/C30H25ClP2.Ru/c31-30(25-15-13-14-16-25,32(26-17-5-1-6-18-26)27-19-7-2-8-20-27)33(28-21-9-3-10-22-28)29-23-11-4-12-24-29;/h1-15,17-24H,16H2;. The van der Waals surface area contributed by atoms with Gasteiger partial charge in [-0.1, -0.05) is 140 Å². The second-order valence-corrected chi connectivity index (χ2v) is 14.1. The Hall–Kier alpha value is -1.87. The summed E-state index contributed by atoms with van der Waals surface area (Å²) in [5, 5.41) is 5.23. The van der Waals surface area contributed by atoms with Gasteiger partial charge >= 0.3 is 0 Å². The van der Waals surface area contributed by atoms with Gasteiger partial charge in [-0.15, -0.1) is 11.6 Å². The quantitative estimate of drug-likeness (QED) is 0.125. The Bertz CT molecular complexity index is 1080. The molecule has 5 rings (SSSR count). The van der Waals surface area contributed by atoms with Crippen LogP contribution in [0.2, 0.25) is 0 Å². The molecule has 4 aromatic carbocycles. The minimum Gasteiger partial charge on any atom is -0.103 e. The molecule has 0 N–H and O–H groups in total. The number of allylic oxidation sites excluding steroid dienone is 4. The van der Waals surface area contributed by atoms with Crippen LogP contribution in [0.25, 0.3) is 0 Å². The first-order valence-corrected chi connectivity index (χ1v) is 14.2. The van der Waals surface area contributed by atoms with Crippen LogP contribution < -0.4 is 21.2 Å². The summed E-state index contributed by atoms with van der Waals surface area (Å²) in [6, 6.07) is 43.5. The molecule has 0 saturated heterocycles. The maximum atomic E-state index is 8.17. The van der Waals surface area contributed by atoms with Crippen molar-refractivity contribution in [2.75, 3.05) is 0 Å². The molecule has 4 heteroatoms. The molecule has 0 spiro atoms. The third kappa shape index (κ3) is 5.05. The zero-order chi connectivity index (χ0) is 22.5. The molecule has 1 aliphatic rings. The van der Waals surface area contributed by atoms with Gasteiger partial charge in [0, 0.05) is 19.5 Å². The topological polar surface area (TPSA) is 0 Å². The minimum absolute atomic E-state index is 0. The maximum absolute atomic E-state index is 8.17. The third-order valence-corrected chi connectivity index (χ3v) is 13.3. The van der Waals surface area contributed by atoms with Gasteiger partial charge in [-0.05, 0) is 49.1 Å². The smallest absolute Gasteiger partial charge is 0.103 e. The van der Waals surface area contributed by atoms with Crippen LogP contribution in [-0.4, -0.2) is 4.36 Å². The van der Waals surface area contributed by atoms with E-state index in [-0.39, 0.29) is 19.5 Å². The first kappa shape index (κ1) is 25.2. The zero-order valence-corrected chi connectivity index (χ0v) is 22.9. The third-order valence-electron chi connectivity index (χ3n) is 5.83. The maximum Gasteiger partial charge on any atom is 0.120 e. The van der Waals surface area contributed by atoms with Gasteiger partial charge in [0.2, 0.25) is 0 Å². The zero-order valence-electron chi connectivity index (χ0n) is 18.6. The largest absolute Gasteiger partial charge is 0.120 e. The number of hydrogen-bond acceptors (Lipinski definition) is 0. The molecule has 0 amide bonds. The number of halogens is 1. The van der Waals surface area contributed by atoms with E-state index in [1.54, 1.807) is 0 Å². The van der Waals surface area contributed by atoms with Crippen LogP contribution in [-0.2, 0) is 19.5 Å². The van der Waals surface area contributed by atoms with Gasteiger partial charge in [0.05, 0.1) is 0 Å². The molecule has 1 aliphatic carbocycles. The van der Waals surface area contributed by atoms with Crippen LogP contribution >= 0.6 is 27.4 Å². The Balaban J connectivity index is 0.00000274. The SMILES string of the molecule is ClC(C1=CC=CC1)(P(c1ccccc1)c1ccccc1)P(c1ccccc1)c1ccccc1.[Ru]. The summed E-state index contributed by atoms with van der Waals surface area (Å²) < 4.78 is -0.570. The fourth-order valence-corrected chi connectivity index (χ4v) is 12.6. The molecule has 0 radical (unpaired) electrons. The molecule has 34 heavy (non-hydrogen) atoms. The monoisotopic (exact) mass is 584 g/mol. The van der Waals surface area contributed by atoms with Crippen molar-refractivity contribution in [2.45, 2.75) is 10.8 Å². The van der Waals surface area contributed by atoms with Gasteiger partial charge < -0.3 is 0 Å². The fraction of sp³-hybridized carbons (Fsp3) is 0.0667. The van der Waals surface area contributed by atoms with E-state index >= 15 is 0 Å². The molecule has 0 aliphatic heterocycles. The van der Waals surface area contributed by atoms with Crippen molar-refractivity contribution in [3.05, 3.63) is 145 Å². The Morgan fingerprint density at radius 2 is 0.853 bits per heavy atom. The number of benzene rings is 4. The van der Waals surface area contributed by atoms with Crippen molar-refractivity contribution >= 4 is 48.7 Å². The summed E-state index contributed by atoms with van der Waals surface area (Å²) in [5.41, 5.74) is 1.31. The molecular weight excluding hydrogens is 559 g/mol. The van der Waals surface area contributed by atoms with E-state index in [0.29, 0.717) is 0 Å². The predicted molar refractivity (Wildman–Crippen MR) is 149 cm³/mol. The summed E-state index contributed by atoms with van der Waals surface area (Å²) in [4.78, 5) is 0. The second kappa shape index (κ2) is 11.7. The van der Waals surface area contributed by atoms with Gasteiger partial charge in [0.15, 0.2) is 0 Å². The predicted octanol–water partition coefficient (Wildman–Crippen LogP) is 7.03. The number of hydrogen-bond donors (Lipinski definition) is 0. The normalized spacial score (nSPS) is 13.1. The van der Waals surface area contributed by atoms with Crippen molar-refractivity contribution in [2.24, 2.45) is 0 Å². The van der Waals surface area contributed by atoms with Gasteiger partial charge in [-0.3, -0.25) is 0 Å². The van der Waals surface area contributed by atoms with E-state index in [1.807, 2.05) is 0 Å². The molecule has 0 nitrogen and oxygen atoms in total. The number of alkyl halides is 1. The van der Waals surface area contributed by atoms with Crippen molar-refractivity contribution < 1.29 is 19.5 Å². The molecule has 0 bridgehead atoms. The van der Waals surface area contributed by atoms with Crippen LogP contribution in [0.1, 0.15) is 6.42 Å². The summed E-state index contributed by atoms with van der Waals surface area (Å²) >= 11 is 8.17. The van der Waals surface area contributed by atoms with E-state index in [1.165, 1.54) is 26.8 Å². The second-order valence-electron chi connectivity index (χ2n) is 7.92. The molecule has 0 aromatic heterocycles. The van der Waals surface area contributed by atoms with Crippen molar-refractivity contribution in [3.63, 3.8) is 0 Å². The van der Waals surface area contributed by atoms with Gasteiger partial charge in [0.1, 0.15) is 4.36 Å². The first-order chi connectivity index (χ1) is 16.3. The fourth-order valence-electron chi connectivity index (χ4n) is 4.36. The van der Waals surface area contributed by atoms with E-state index < -0.39 is 20.2 Å². The van der Waals surface area contributed by atoms with Gasteiger partial charge in [-0.25, -0.2) is 0 Å². The van der Waals surface area contributed by atoms with Gasteiger partial charge in [0.25, 0.3) is 0 Å². The van der Waals surface area contributed by atoms with E-state index in [4.69, 9.17) is 11.6 Å². The molecular formula is C30H25ClP2Ru. The summed E-state index contributed by atoms with van der Waals surface area (Å²) in [7, 11) is -1.82. The van der Waals surface area contributed by atoms with Crippen LogP contribution in [0.15, 0.2) is 145 Å². The Labute approximate surface area is 223 Å². The minimum atomic E-state index is -0.908. The Morgan fingerprint density at radius 1 is 0.529 bits per heavy atom. The summed E-state index contributed by atoms with van der Waals surface area (Å²) in [6.07, 6.45) is 7.55. The van der Waals surface area contributed by atoms with Gasteiger partial charge in [-0.2, -0.15) is 0 Å². The molecule has 4 aromatic rings. The average molecular weight is 584 g/mol. The van der Waals surface area contributed by atoms with Crippen molar-refractivity contribution in [3.8, 4) is 0 Å². The Kier molecular flexibility index (Phi) is 8.69. The average Bonchev–Trinajstić information content (AvgIpc) is 3.43. The van der Waals surface area contributed by atoms with E-state index in [9.17, 15) is 0 Å². The molecule has 0 unspecified atom stereocenters. The molecule has 0 saturated carbocycles. The van der Waals surface area contributed by atoms with Crippen LogP contribution in [0.4, 0.5) is 0 Å². The van der Waals surface area contributed by atoms with E-state index in [0.717, 1.165) is 6.42 Å². The summed E-state index contributed by atoms with van der Waals surface area (Å²) in [5.74, 6) is 0. The molecule has 0 heterocycles. The molecule has 0 fully saturated rings. The van der Waals surface area contributed by atoms with Crippen LogP contribution in [0, 0.1) is 0 Å². The Morgan fingerprint density at radius 3 is 1.12 bits per heavy atom. The van der Waals surface area contributed by atoms with Crippen LogP contribution in [0.5, 0.6) is 0 Å². The van der Waals surface area contributed by atoms with E-state index in [2.05, 4.69) is 140 Å². The molecule has 0 atom stereocenters. The van der Waals surface area contributed by atoms with Crippen molar-refractivity contribution in [1.29, 1.82) is 0 Å².